The van der Waals surface area contributed by atoms with Crippen molar-refractivity contribution in [2.24, 2.45) is 11.7 Å². The van der Waals surface area contributed by atoms with Crippen molar-refractivity contribution in [3.8, 4) is 5.75 Å². The molecule has 3 rings (SSSR count). The lowest BCUT2D eigenvalue weighted by Crippen LogP contribution is -2.48. The third kappa shape index (κ3) is 4.84. The molecule has 2 amide bonds. The first kappa shape index (κ1) is 19.3. The number of hydrogen-bond acceptors (Lipinski definition) is 4. The molecule has 27 heavy (non-hydrogen) atoms. The molecule has 148 valence electrons. The highest BCUT2D eigenvalue weighted by Gasteiger charge is 2.32. The maximum Gasteiger partial charge on any atom is 0.573 e. The molecule has 0 aliphatic carbocycles. The van der Waals surface area contributed by atoms with E-state index in [9.17, 15) is 22.8 Å². The van der Waals surface area contributed by atoms with Gasteiger partial charge in [-0.15, -0.1) is 13.2 Å². The Morgan fingerprint density at radius 1 is 1.22 bits per heavy atom. The van der Waals surface area contributed by atoms with Crippen molar-refractivity contribution in [1.29, 1.82) is 0 Å². The zero-order chi connectivity index (χ0) is 19.6. The number of rotatable bonds is 4. The van der Waals surface area contributed by atoms with Crippen molar-refractivity contribution in [3.63, 3.8) is 0 Å². The number of nitrogens with zero attached hydrogens (tertiary/aromatic N) is 2. The molecule has 0 aromatic heterocycles. The van der Waals surface area contributed by atoms with Gasteiger partial charge >= 0.3 is 6.36 Å². The van der Waals surface area contributed by atoms with E-state index in [1.165, 1.54) is 12.1 Å². The summed E-state index contributed by atoms with van der Waals surface area (Å²) in [4.78, 5) is 27.6. The number of primary amides is 1. The van der Waals surface area contributed by atoms with Crippen LogP contribution in [0.1, 0.15) is 24.8 Å². The van der Waals surface area contributed by atoms with Gasteiger partial charge in [0.05, 0.1) is 12.5 Å². The van der Waals surface area contributed by atoms with Crippen molar-refractivity contribution in [2.45, 2.75) is 32.0 Å². The topological polar surface area (TPSA) is 75.9 Å². The minimum absolute atomic E-state index is 0.107. The van der Waals surface area contributed by atoms with Crippen LogP contribution < -0.4 is 15.4 Å². The predicted molar refractivity (Wildman–Crippen MR) is 92.2 cm³/mol. The molecular weight excluding hydrogens is 363 g/mol. The maximum absolute atomic E-state index is 12.7. The van der Waals surface area contributed by atoms with E-state index < -0.39 is 12.3 Å². The van der Waals surface area contributed by atoms with Crippen LogP contribution in [0.4, 0.5) is 18.9 Å². The smallest absolute Gasteiger partial charge is 0.406 e. The highest BCUT2D eigenvalue weighted by molar-refractivity contribution is 5.83. The molecule has 0 spiro atoms. The van der Waals surface area contributed by atoms with Gasteiger partial charge in [-0.3, -0.25) is 9.59 Å². The molecule has 1 unspecified atom stereocenters. The Morgan fingerprint density at radius 2 is 2.00 bits per heavy atom. The van der Waals surface area contributed by atoms with Gasteiger partial charge in [0, 0.05) is 25.3 Å². The van der Waals surface area contributed by atoms with E-state index >= 15 is 0 Å². The summed E-state index contributed by atoms with van der Waals surface area (Å²) in [5.41, 5.74) is 6.83. The Hall–Kier alpha value is -2.45. The van der Waals surface area contributed by atoms with Crippen LogP contribution in [0.5, 0.6) is 5.75 Å². The van der Waals surface area contributed by atoms with Gasteiger partial charge in [0.15, 0.2) is 0 Å². The Kier molecular flexibility index (Phi) is 5.48. The monoisotopic (exact) mass is 385 g/mol. The molecule has 1 atom stereocenters. The Balaban J connectivity index is 1.68. The molecule has 0 bridgehead atoms. The highest BCUT2D eigenvalue weighted by Crippen LogP contribution is 2.32. The van der Waals surface area contributed by atoms with Gasteiger partial charge in [-0.05, 0) is 49.4 Å². The third-order valence-corrected chi connectivity index (χ3v) is 5.00. The van der Waals surface area contributed by atoms with E-state index in [2.05, 4.69) is 4.74 Å². The standard InChI is InChI=1S/C18H22F3N3O3/c19-18(20,21)27-14-5-6-15-12(9-14)3-1-7-23(15)11-16(25)24-8-2-4-13(10-24)17(22)26/h5-6,9,13H,1-4,7-8,10-11H2,(H2,22,26). The van der Waals surface area contributed by atoms with Crippen LogP contribution >= 0.6 is 0 Å². The molecule has 0 saturated carbocycles. The average molecular weight is 385 g/mol. The minimum atomic E-state index is -4.73. The number of carbonyl (C=O) groups is 2. The van der Waals surface area contributed by atoms with Gasteiger partial charge in [0.2, 0.25) is 11.8 Å². The summed E-state index contributed by atoms with van der Waals surface area (Å²) in [5, 5.41) is 0. The SMILES string of the molecule is NC(=O)C1CCCN(C(=O)CN2CCCc3cc(OC(F)(F)F)ccc32)C1. The summed E-state index contributed by atoms with van der Waals surface area (Å²) >= 11 is 0. The lowest BCUT2D eigenvalue weighted by molar-refractivity contribution is -0.274. The molecule has 1 aromatic rings. The average Bonchev–Trinajstić information content (AvgIpc) is 2.60. The fraction of sp³-hybridized carbons (Fsp3) is 0.556. The van der Waals surface area contributed by atoms with Crippen LogP contribution in [0.2, 0.25) is 0 Å². The first-order valence-corrected chi connectivity index (χ1v) is 8.93. The Morgan fingerprint density at radius 3 is 2.70 bits per heavy atom. The third-order valence-electron chi connectivity index (χ3n) is 5.00. The van der Waals surface area contributed by atoms with E-state index in [4.69, 9.17) is 5.73 Å². The normalized spacial score (nSPS) is 20.2. The second-order valence-corrected chi connectivity index (χ2v) is 6.94. The minimum Gasteiger partial charge on any atom is -0.406 e. The molecule has 1 aromatic carbocycles. The molecular formula is C18H22F3N3O3. The predicted octanol–water partition coefficient (Wildman–Crippen LogP) is 2.06. The van der Waals surface area contributed by atoms with Crippen LogP contribution in [-0.4, -0.2) is 49.3 Å². The Bertz CT molecular complexity index is 724. The number of nitrogens with two attached hydrogens (primary N) is 1. The van der Waals surface area contributed by atoms with Crippen molar-refractivity contribution >= 4 is 17.5 Å². The fourth-order valence-electron chi connectivity index (χ4n) is 3.71. The lowest BCUT2D eigenvalue weighted by Gasteiger charge is -2.35. The molecule has 6 nitrogen and oxygen atoms in total. The number of carbonyl (C=O) groups excluding carboxylic acids is 2. The van der Waals surface area contributed by atoms with E-state index in [1.54, 1.807) is 11.0 Å². The summed E-state index contributed by atoms with van der Waals surface area (Å²) in [5.74, 6) is -1.08. The van der Waals surface area contributed by atoms with Crippen molar-refractivity contribution in [2.75, 3.05) is 31.1 Å². The number of alkyl halides is 3. The van der Waals surface area contributed by atoms with Crippen LogP contribution in [0.25, 0.3) is 0 Å². The molecule has 2 N–H and O–H groups in total. The lowest BCUT2D eigenvalue weighted by atomic mass is 9.97. The number of fused-ring (bicyclic) bond motifs is 1. The number of likely N-dealkylation sites (tertiary alicyclic amines) is 1. The second kappa shape index (κ2) is 7.66. The largest absolute Gasteiger partial charge is 0.573 e. The number of piperidine rings is 1. The summed E-state index contributed by atoms with van der Waals surface area (Å²) in [6.07, 6.45) is -1.95. The van der Waals surface area contributed by atoms with Gasteiger partial charge in [-0.1, -0.05) is 0 Å². The first-order valence-electron chi connectivity index (χ1n) is 8.93. The zero-order valence-corrected chi connectivity index (χ0v) is 14.8. The number of benzene rings is 1. The Labute approximate surface area is 155 Å². The van der Waals surface area contributed by atoms with Crippen molar-refractivity contribution in [3.05, 3.63) is 23.8 Å². The summed E-state index contributed by atoms with van der Waals surface area (Å²) in [6.45, 7) is 1.68. The molecule has 9 heteroatoms. The van der Waals surface area contributed by atoms with Crippen LogP contribution in [0, 0.1) is 5.92 Å². The van der Waals surface area contributed by atoms with Gasteiger partial charge in [0.1, 0.15) is 5.75 Å². The first-order chi connectivity index (χ1) is 12.7. The zero-order valence-electron chi connectivity index (χ0n) is 14.8. The van der Waals surface area contributed by atoms with Gasteiger partial charge in [-0.25, -0.2) is 0 Å². The van der Waals surface area contributed by atoms with Crippen LogP contribution in [0.15, 0.2) is 18.2 Å². The summed E-state index contributed by atoms with van der Waals surface area (Å²) in [6, 6.07) is 4.20. The van der Waals surface area contributed by atoms with Gasteiger partial charge in [0.25, 0.3) is 0 Å². The highest BCUT2D eigenvalue weighted by atomic mass is 19.4. The quantitative estimate of drug-likeness (QED) is 0.861. The molecule has 2 aliphatic heterocycles. The number of amides is 2. The number of hydrogen-bond donors (Lipinski definition) is 1. The van der Waals surface area contributed by atoms with E-state index in [1.807, 2.05) is 4.90 Å². The second-order valence-electron chi connectivity index (χ2n) is 6.94. The number of halogens is 3. The van der Waals surface area contributed by atoms with Gasteiger partial charge < -0.3 is 20.3 Å². The summed E-state index contributed by atoms with van der Waals surface area (Å²) in [7, 11) is 0. The number of anilines is 1. The molecule has 1 saturated heterocycles. The molecule has 2 aliphatic rings. The van der Waals surface area contributed by atoms with E-state index in [0.29, 0.717) is 32.5 Å². The molecule has 2 heterocycles. The maximum atomic E-state index is 12.7. The summed E-state index contributed by atoms with van der Waals surface area (Å²) < 4.78 is 41.2. The van der Waals surface area contributed by atoms with Crippen molar-refractivity contribution in [1.82, 2.24) is 4.90 Å². The van der Waals surface area contributed by atoms with E-state index in [0.717, 1.165) is 24.1 Å². The molecule has 1 fully saturated rings. The number of aryl methyl sites for hydroxylation is 1. The molecule has 0 radical (unpaired) electrons. The van der Waals surface area contributed by atoms with Crippen LogP contribution in [0.3, 0.4) is 0 Å². The van der Waals surface area contributed by atoms with Crippen LogP contribution in [-0.2, 0) is 16.0 Å². The fourth-order valence-corrected chi connectivity index (χ4v) is 3.71. The van der Waals surface area contributed by atoms with Crippen molar-refractivity contribution < 1.29 is 27.5 Å². The van der Waals surface area contributed by atoms with Gasteiger partial charge in [-0.2, -0.15) is 0 Å². The number of ether oxygens (including phenoxy) is 1. The van der Waals surface area contributed by atoms with E-state index in [-0.39, 0.29) is 24.1 Å².